The molecule has 0 aliphatic carbocycles. The van der Waals surface area contributed by atoms with Crippen molar-refractivity contribution in [1.29, 1.82) is 0 Å². The average Bonchev–Trinajstić information content (AvgIpc) is 3.37. The molecular weight excluding hydrogens is 342 g/mol. The summed E-state index contributed by atoms with van der Waals surface area (Å²) in [5.41, 5.74) is 0.472. The molecule has 4 rings (SSSR count). The molecule has 0 unspecified atom stereocenters. The monoisotopic (exact) mass is 375 g/mol. The van der Waals surface area contributed by atoms with E-state index >= 15 is 0 Å². The average molecular weight is 376 g/mol. The highest BCUT2D eigenvalue weighted by molar-refractivity contribution is 5.93. The molecule has 6 nitrogen and oxygen atoms in total. The second kappa shape index (κ2) is 7.92. The molecule has 150 valence electrons. The maximum absolute atomic E-state index is 13.2. The number of amides is 1. The van der Waals surface area contributed by atoms with Gasteiger partial charge >= 0.3 is 0 Å². The topological polar surface area (TPSA) is 58.8 Å². The SMILES string of the molecule is CC(C)c1cc(C(=O)N2CCC[C@]23CCCN(C[C@H]2CCCO2)CC3)no1. The molecule has 3 saturated heterocycles. The van der Waals surface area contributed by atoms with Gasteiger partial charge in [0.05, 0.1) is 6.10 Å². The first-order chi connectivity index (χ1) is 13.1. The third-order valence-electron chi connectivity index (χ3n) is 6.65. The molecule has 1 aromatic rings. The van der Waals surface area contributed by atoms with Crippen molar-refractivity contribution >= 4 is 5.91 Å². The Labute approximate surface area is 162 Å². The van der Waals surface area contributed by atoms with Crippen LogP contribution < -0.4 is 0 Å². The van der Waals surface area contributed by atoms with E-state index in [1.165, 1.54) is 12.8 Å². The van der Waals surface area contributed by atoms with E-state index in [0.717, 1.165) is 70.7 Å². The van der Waals surface area contributed by atoms with Gasteiger partial charge in [0, 0.05) is 43.8 Å². The first kappa shape index (κ1) is 18.9. The van der Waals surface area contributed by atoms with Gasteiger partial charge in [-0.3, -0.25) is 4.79 Å². The van der Waals surface area contributed by atoms with E-state index in [0.29, 0.717) is 11.8 Å². The van der Waals surface area contributed by atoms with Gasteiger partial charge in [-0.1, -0.05) is 19.0 Å². The van der Waals surface area contributed by atoms with E-state index in [-0.39, 0.29) is 17.4 Å². The maximum Gasteiger partial charge on any atom is 0.276 e. The van der Waals surface area contributed by atoms with Gasteiger partial charge in [0.1, 0.15) is 5.76 Å². The van der Waals surface area contributed by atoms with E-state index in [9.17, 15) is 4.79 Å². The van der Waals surface area contributed by atoms with Crippen LogP contribution >= 0.6 is 0 Å². The zero-order valence-corrected chi connectivity index (χ0v) is 16.8. The van der Waals surface area contributed by atoms with Crippen molar-refractivity contribution in [3.63, 3.8) is 0 Å². The first-order valence-electron chi connectivity index (χ1n) is 10.7. The highest BCUT2D eigenvalue weighted by Crippen LogP contribution is 2.39. The molecule has 0 bridgehead atoms. The van der Waals surface area contributed by atoms with Crippen LogP contribution in [-0.4, -0.2) is 65.3 Å². The van der Waals surface area contributed by atoms with Crippen LogP contribution in [0.5, 0.6) is 0 Å². The van der Waals surface area contributed by atoms with Gasteiger partial charge < -0.3 is 19.1 Å². The summed E-state index contributed by atoms with van der Waals surface area (Å²) in [6.45, 7) is 9.09. The van der Waals surface area contributed by atoms with Gasteiger partial charge in [-0.05, 0) is 51.5 Å². The summed E-state index contributed by atoms with van der Waals surface area (Å²) >= 11 is 0. The maximum atomic E-state index is 13.2. The second-order valence-electron chi connectivity index (χ2n) is 8.84. The number of rotatable bonds is 4. The lowest BCUT2D eigenvalue weighted by Gasteiger charge is -2.38. The largest absolute Gasteiger partial charge is 0.377 e. The summed E-state index contributed by atoms with van der Waals surface area (Å²) in [6, 6.07) is 1.83. The van der Waals surface area contributed by atoms with E-state index in [2.05, 4.69) is 28.8 Å². The molecule has 6 heteroatoms. The van der Waals surface area contributed by atoms with E-state index < -0.39 is 0 Å². The minimum Gasteiger partial charge on any atom is -0.377 e. The fourth-order valence-corrected chi connectivity index (χ4v) is 5.07. The first-order valence-corrected chi connectivity index (χ1v) is 10.7. The molecule has 2 atom stereocenters. The summed E-state index contributed by atoms with van der Waals surface area (Å²) in [5.74, 6) is 1.08. The predicted octanol–water partition coefficient (Wildman–Crippen LogP) is 3.44. The molecule has 3 aliphatic heterocycles. The Morgan fingerprint density at radius 3 is 2.74 bits per heavy atom. The number of hydrogen-bond acceptors (Lipinski definition) is 5. The summed E-state index contributed by atoms with van der Waals surface area (Å²) in [6.07, 6.45) is 8.29. The van der Waals surface area contributed by atoms with Crippen LogP contribution in [0.25, 0.3) is 0 Å². The molecule has 0 radical (unpaired) electrons. The molecule has 27 heavy (non-hydrogen) atoms. The zero-order chi connectivity index (χ0) is 18.9. The standard InChI is InChI=1S/C21H33N3O3/c1-16(2)19-14-18(22-27-19)20(25)24-11-5-8-21(24)7-4-10-23(12-9-21)15-17-6-3-13-26-17/h14,16-17H,3-13,15H2,1-2H3/t17-,21+/m1/s1. The summed E-state index contributed by atoms with van der Waals surface area (Å²) in [7, 11) is 0. The van der Waals surface area contributed by atoms with Crippen LogP contribution in [0.4, 0.5) is 0 Å². The van der Waals surface area contributed by atoms with Crippen molar-refractivity contribution in [2.45, 2.75) is 76.4 Å². The highest BCUT2D eigenvalue weighted by atomic mass is 16.5. The third kappa shape index (κ3) is 3.92. The fourth-order valence-electron chi connectivity index (χ4n) is 5.07. The van der Waals surface area contributed by atoms with Gasteiger partial charge in [0.15, 0.2) is 5.69 Å². The van der Waals surface area contributed by atoms with Crippen molar-refractivity contribution in [3.05, 3.63) is 17.5 Å². The lowest BCUT2D eigenvalue weighted by atomic mass is 9.87. The number of carbonyl (C=O) groups is 1. The molecule has 0 aromatic carbocycles. The summed E-state index contributed by atoms with van der Waals surface area (Å²) in [5, 5.41) is 4.07. The van der Waals surface area contributed by atoms with Crippen molar-refractivity contribution in [2.24, 2.45) is 0 Å². The van der Waals surface area contributed by atoms with Crippen molar-refractivity contribution in [2.75, 3.05) is 32.8 Å². The van der Waals surface area contributed by atoms with E-state index in [1.54, 1.807) is 0 Å². The number of ether oxygens (including phenoxy) is 1. The molecule has 0 N–H and O–H groups in total. The van der Waals surface area contributed by atoms with Gasteiger partial charge in [-0.25, -0.2) is 0 Å². The molecule has 0 saturated carbocycles. The van der Waals surface area contributed by atoms with Gasteiger partial charge in [0.2, 0.25) is 0 Å². The minimum atomic E-state index is -0.000684. The minimum absolute atomic E-state index is 0.000684. The third-order valence-corrected chi connectivity index (χ3v) is 6.65. The predicted molar refractivity (Wildman–Crippen MR) is 103 cm³/mol. The molecule has 4 heterocycles. The second-order valence-corrected chi connectivity index (χ2v) is 8.84. The lowest BCUT2D eigenvalue weighted by Crippen LogP contribution is -2.48. The van der Waals surface area contributed by atoms with Gasteiger partial charge in [-0.15, -0.1) is 0 Å². The molecular formula is C21H33N3O3. The van der Waals surface area contributed by atoms with E-state index in [1.807, 2.05) is 6.07 Å². The lowest BCUT2D eigenvalue weighted by molar-refractivity contribution is 0.0527. The summed E-state index contributed by atoms with van der Waals surface area (Å²) in [4.78, 5) is 17.9. The Balaban J connectivity index is 1.43. The zero-order valence-electron chi connectivity index (χ0n) is 16.8. The van der Waals surface area contributed by atoms with Crippen LogP contribution in [0, 0.1) is 0 Å². The van der Waals surface area contributed by atoms with E-state index in [4.69, 9.17) is 9.26 Å². The van der Waals surface area contributed by atoms with Gasteiger partial charge in [-0.2, -0.15) is 0 Å². The van der Waals surface area contributed by atoms with Crippen LogP contribution in [0.1, 0.15) is 81.0 Å². The number of aromatic nitrogens is 1. The van der Waals surface area contributed by atoms with Gasteiger partial charge in [0.25, 0.3) is 5.91 Å². The molecule has 1 amide bonds. The molecule has 1 aromatic heterocycles. The Hall–Kier alpha value is -1.40. The smallest absolute Gasteiger partial charge is 0.276 e. The fraction of sp³-hybridized carbons (Fsp3) is 0.810. The van der Waals surface area contributed by atoms with Crippen LogP contribution in [-0.2, 0) is 4.74 Å². The highest BCUT2D eigenvalue weighted by Gasteiger charge is 2.45. The number of hydrogen-bond donors (Lipinski definition) is 0. The Kier molecular flexibility index (Phi) is 5.55. The molecule has 1 spiro atoms. The van der Waals surface area contributed by atoms with Crippen molar-refractivity contribution < 1.29 is 14.1 Å². The number of carbonyl (C=O) groups excluding carboxylic acids is 1. The Morgan fingerprint density at radius 1 is 1.22 bits per heavy atom. The summed E-state index contributed by atoms with van der Waals surface area (Å²) < 4.78 is 11.2. The number of likely N-dealkylation sites (tertiary alicyclic amines) is 2. The van der Waals surface area contributed by atoms with Crippen molar-refractivity contribution in [3.8, 4) is 0 Å². The molecule has 3 aliphatic rings. The quantitative estimate of drug-likeness (QED) is 0.807. The van der Waals surface area contributed by atoms with Crippen LogP contribution in [0.2, 0.25) is 0 Å². The molecule has 3 fully saturated rings. The number of nitrogens with zero attached hydrogens (tertiary/aromatic N) is 3. The van der Waals surface area contributed by atoms with Crippen molar-refractivity contribution in [1.82, 2.24) is 15.0 Å². The van der Waals surface area contributed by atoms with Crippen LogP contribution in [0.15, 0.2) is 10.6 Å². The normalized spacial score (nSPS) is 29.7. The van der Waals surface area contributed by atoms with Crippen LogP contribution in [0.3, 0.4) is 0 Å². The Bertz CT molecular complexity index is 653. The Morgan fingerprint density at radius 2 is 2.04 bits per heavy atom.